The summed E-state index contributed by atoms with van der Waals surface area (Å²) in [6.07, 6.45) is 3.02. The highest BCUT2D eigenvalue weighted by Gasteiger charge is 2.36. The number of rotatable bonds is 7. The van der Waals surface area contributed by atoms with Gasteiger partial charge in [0, 0.05) is 17.4 Å². The Balaban J connectivity index is 1.95. The summed E-state index contributed by atoms with van der Waals surface area (Å²) in [6.45, 7) is 6.39. The Morgan fingerprint density at radius 2 is 1.79 bits per heavy atom. The molecule has 0 radical (unpaired) electrons. The number of aliphatic hydroxyl groups is 1. The van der Waals surface area contributed by atoms with Crippen molar-refractivity contribution in [1.82, 2.24) is 4.98 Å². The third-order valence-corrected chi connectivity index (χ3v) is 6.54. The van der Waals surface area contributed by atoms with E-state index in [4.69, 9.17) is 0 Å². The molecule has 0 aliphatic heterocycles. The van der Waals surface area contributed by atoms with E-state index in [1.807, 2.05) is 38.1 Å². The summed E-state index contributed by atoms with van der Waals surface area (Å²) in [5.41, 5.74) is 1.63. The molecular weight excluding hydrogens is 440 g/mol. The van der Waals surface area contributed by atoms with Crippen molar-refractivity contribution < 1.29 is 23.4 Å². The molecule has 1 aliphatic rings. The maximum atomic E-state index is 13.7. The Hall–Kier alpha value is -2.74. The normalized spacial score (nSPS) is 18.8. The maximum absolute atomic E-state index is 13.7. The molecule has 8 heteroatoms. The molecule has 1 aliphatic carbocycles. The number of alkyl halides is 2. The van der Waals surface area contributed by atoms with Crippen LogP contribution in [0.1, 0.15) is 70.6 Å². The molecule has 3 rings (SSSR count). The van der Waals surface area contributed by atoms with E-state index in [0.717, 1.165) is 36.9 Å². The first-order chi connectivity index (χ1) is 16.0. The molecule has 6 nitrogen and oxygen atoms in total. The number of amides is 2. The van der Waals surface area contributed by atoms with Crippen LogP contribution in [0.4, 0.5) is 25.0 Å². The van der Waals surface area contributed by atoms with Crippen molar-refractivity contribution in [3.63, 3.8) is 0 Å². The van der Waals surface area contributed by atoms with Gasteiger partial charge in [-0.3, -0.25) is 4.90 Å². The number of nitrogens with zero attached hydrogens (tertiary/aromatic N) is 2. The molecule has 186 valence electrons. The van der Waals surface area contributed by atoms with Gasteiger partial charge >= 0.3 is 12.6 Å². The number of aryl methyl sites for hydroxylation is 1. The molecule has 34 heavy (non-hydrogen) atoms. The molecule has 0 bridgehead atoms. The highest BCUT2D eigenvalue weighted by atomic mass is 19.3. The van der Waals surface area contributed by atoms with Gasteiger partial charge in [0.25, 0.3) is 0 Å². The van der Waals surface area contributed by atoms with Crippen LogP contribution in [0.2, 0.25) is 0 Å². The van der Waals surface area contributed by atoms with E-state index >= 15 is 0 Å². The maximum Gasteiger partial charge on any atom is 0.388 e. The topological polar surface area (TPSA) is 74.7 Å². The standard InChI is InChI=1S/C26H35F2N3O3/c1-16(2)20-8-6-7-9-22(20)31(19-13-11-18(12-14-19)26(4,5)33)25(32)30-21-15-10-17(3)29-23(21)34-24(27)28/h6-10,15-16,18-19,24,33H,11-14H2,1-5H3,(H,30,32). The Morgan fingerprint density at radius 3 is 2.38 bits per heavy atom. The molecule has 2 amide bonds. The molecule has 1 fully saturated rings. The summed E-state index contributed by atoms with van der Waals surface area (Å²) in [6, 6.07) is 10.4. The minimum atomic E-state index is -3.06. The van der Waals surface area contributed by atoms with Gasteiger partial charge in [0.05, 0.1) is 5.60 Å². The zero-order valence-electron chi connectivity index (χ0n) is 20.5. The van der Waals surface area contributed by atoms with Gasteiger partial charge < -0.3 is 15.2 Å². The Labute approximate surface area is 200 Å². The first-order valence-electron chi connectivity index (χ1n) is 11.8. The van der Waals surface area contributed by atoms with Crippen LogP contribution in [0.3, 0.4) is 0 Å². The van der Waals surface area contributed by atoms with Gasteiger partial charge in [0.1, 0.15) is 5.69 Å². The molecule has 1 heterocycles. The summed E-state index contributed by atoms with van der Waals surface area (Å²) in [4.78, 5) is 19.5. The van der Waals surface area contributed by atoms with Crippen molar-refractivity contribution in [2.24, 2.45) is 5.92 Å². The number of ether oxygens (including phenoxy) is 1. The van der Waals surface area contributed by atoms with E-state index in [-0.39, 0.29) is 29.4 Å². The number of anilines is 2. The molecule has 0 unspecified atom stereocenters. The largest absolute Gasteiger partial charge is 0.415 e. The lowest BCUT2D eigenvalue weighted by atomic mass is 9.76. The molecule has 0 saturated heterocycles. The fraction of sp³-hybridized carbons (Fsp3) is 0.538. The van der Waals surface area contributed by atoms with Crippen LogP contribution in [-0.4, -0.2) is 34.4 Å². The van der Waals surface area contributed by atoms with Crippen molar-refractivity contribution in [3.05, 3.63) is 47.7 Å². The Bertz CT molecular complexity index is 983. The van der Waals surface area contributed by atoms with Crippen LogP contribution in [0, 0.1) is 12.8 Å². The van der Waals surface area contributed by atoms with Gasteiger partial charge in [-0.1, -0.05) is 32.0 Å². The summed E-state index contributed by atoms with van der Waals surface area (Å²) < 4.78 is 30.5. The number of halogens is 2. The van der Waals surface area contributed by atoms with E-state index in [1.54, 1.807) is 17.9 Å². The number of hydrogen-bond donors (Lipinski definition) is 2. The number of hydrogen-bond acceptors (Lipinski definition) is 4. The van der Waals surface area contributed by atoms with Crippen LogP contribution in [0.15, 0.2) is 36.4 Å². The lowest BCUT2D eigenvalue weighted by Crippen LogP contribution is -2.47. The van der Waals surface area contributed by atoms with Gasteiger partial charge in [-0.05, 0) is 82.1 Å². The van der Waals surface area contributed by atoms with Gasteiger partial charge in [0.2, 0.25) is 5.88 Å². The monoisotopic (exact) mass is 475 g/mol. The van der Waals surface area contributed by atoms with Gasteiger partial charge in [-0.25, -0.2) is 9.78 Å². The molecule has 2 N–H and O–H groups in total. The average Bonchev–Trinajstić information content (AvgIpc) is 2.75. The third-order valence-electron chi connectivity index (χ3n) is 6.54. The predicted octanol–water partition coefficient (Wildman–Crippen LogP) is 6.48. The smallest absolute Gasteiger partial charge is 0.388 e. The van der Waals surface area contributed by atoms with E-state index in [1.165, 1.54) is 6.07 Å². The number of urea groups is 1. The van der Waals surface area contributed by atoms with Gasteiger partial charge in [-0.2, -0.15) is 8.78 Å². The number of carbonyl (C=O) groups excluding carboxylic acids is 1. The number of para-hydroxylation sites is 1. The third kappa shape index (κ3) is 6.23. The number of nitrogens with one attached hydrogen (secondary N) is 1. The molecule has 1 saturated carbocycles. The zero-order valence-corrected chi connectivity index (χ0v) is 20.5. The first kappa shape index (κ1) is 25.9. The van der Waals surface area contributed by atoms with Crippen LogP contribution in [-0.2, 0) is 0 Å². The minimum absolute atomic E-state index is 0.0908. The number of aromatic nitrogens is 1. The summed E-state index contributed by atoms with van der Waals surface area (Å²) in [5.74, 6) is 0.0190. The fourth-order valence-electron chi connectivity index (χ4n) is 4.69. The quantitative estimate of drug-likeness (QED) is 0.480. The average molecular weight is 476 g/mol. The van der Waals surface area contributed by atoms with Crippen LogP contribution in [0.5, 0.6) is 5.88 Å². The highest BCUT2D eigenvalue weighted by molar-refractivity contribution is 6.03. The second-order valence-electron chi connectivity index (χ2n) is 9.86. The van der Waals surface area contributed by atoms with E-state index in [9.17, 15) is 18.7 Å². The van der Waals surface area contributed by atoms with Crippen LogP contribution in [0.25, 0.3) is 0 Å². The highest BCUT2D eigenvalue weighted by Crippen LogP contribution is 2.38. The summed E-state index contributed by atoms with van der Waals surface area (Å²) in [5, 5.41) is 13.2. The van der Waals surface area contributed by atoms with Gasteiger partial charge in [-0.15, -0.1) is 0 Å². The van der Waals surface area contributed by atoms with Crippen molar-refractivity contribution in [3.8, 4) is 5.88 Å². The van der Waals surface area contributed by atoms with E-state index < -0.39 is 18.2 Å². The van der Waals surface area contributed by atoms with Gasteiger partial charge in [0.15, 0.2) is 0 Å². The Kier molecular flexibility index (Phi) is 8.13. The molecular formula is C26H35F2N3O3. The second kappa shape index (κ2) is 10.7. The summed E-state index contributed by atoms with van der Waals surface area (Å²) in [7, 11) is 0. The van der Waals surface area contributed by atoms with Crippen LogP contribution >= 0.6 is 0 Å². The number of carbonyl (C=O) groups is 1. The Morgan fingerprint density at radius 1 is 1.15 bits per heavy atom. The zero-order chi connectivity index (χ0) is 25.0. The lowest BCUT2D eigenvalue weighted by Gasteiger charge is -2.41. The molecule has 2 aromatic rings. The van der Waals surface area contributed by atoms with Crippen molar-refractivity contribution >= 4 is 17.4 Å². The first-order valence-corrected chi connectivity index (χ1v) is 11.8. The SMILES string of the molecule is Cc1ccc(NC(=O)N(c2ccccc2C(C)C)C2CCC(C(C)(C)O)CC2)c(OC(F)F)n1. The summed E-state index contributed by atoms with van der Waals surface area (Å²) >= 11 is 0. The van der Waals surface area contributed by atoms with Crippen LogP contribution < -0.4 is 15.0 Å². The van der Waals surface area contributed by atoms with Crippen molar-refractivity contribution in [2.45, 2.75) is 84.5 Å². The molecule has 1 aromatic carbocycles. The number of pyridine rings is 1. The van der Waals surface area contributed by atoms with E-state index in [2.05, 4.69) is 28.9 Å². The predicted molar refractivity (Wildman–Crippen MR) is 130 cm³/mol. The number of benzene rings is 1. The second-order valence-corrected chi connectivity index (χ2v) is 9.86. The lowest BCUT2D eigenvalue weighted by molar-refractivity contribution is -0.0524. The molecule has 0 atom stereocenters. The van der Waals surface area contributed by atoms with Crippen molar-refractivity contribution in [2.75, 3.05) is 10.2 Å². The fourth-order valence-corrected chi connectivity index (χ4v) is 4.69. The van der Waals surface area contributed by atoms with Crippen molar-refractivity contribution in [1.29, 1.82) is 0 Å². The molecule has 0 spiro atoms. The molecule has 1 aromatic heterocycles. The van der Waals surface area contributed by atoms with E-state index in [0.29, 0.717) is 5.69 Å². The minimum Gasteiger partial charge on any atom is -0.415 e.